The normalized spacial score (nSPS) is 11.1. The Hall–Kier alpha value is -2.00. The second kappa shape index (κ2) is 5.55. The van der Waals surface area contributed by atoms with Crippen molar-refractivity contribution in [3.05, 3.63) is 35.7 Å². The summed E-state index contributed by atoms with van der Waals surface area (Å²) in [6.45, 7) is 1.86. The summed E-state index contributed by atoms with van der Waals surface area (Å²) in [6, 6.07) is 6.35. The molecule has 0 bridgehead atoms. The maximum atomic E-state index is 12.1. The van der Waals surface area contributed by atoms with Crippen LogP contribution in [0.1, 0.15) is 16.2 Å². The molecule has 1 aromatic carbocycles. The molecule has 1 N–H and O–H groups in total. The fourth-order valence-corrected chi connectivity index (χ4v) is 3.11. The van der Waals surface area contributed by atoms with E-state index in [1.165, 1.54) is 19.2 Å². The molecule has 0 aliphatic carbocycles. The van der Waals surface area contributed by atoms with E-state index in [9.17, 15) is 13.2 Å². The van der Waals surface area contributed by atoms with E-state index in [4.69, 9.17) is 0 Å². The number of anilines is 1. The van der Waals surface area contributed by atoms with Gasteiger partial charge in [0.15, 0.2) is 0 Å². The Labute approximate surface area is 119 Å². The average Bonchev–Trinajstić information content (AvgIpc) is 2.86. The van der Waals surface area contributed by atoms with Crippen LogP contribution in [0.5, 0.6) is 0 Å². The van der Waals surface area contributed by atoms with Gasteiger partial charge in [0.2, 0.25) is 5.13 Å². The Morgan fingerprint density at radius 3 is 2.55 bits per heavy atom. The summed E-state index contributed by atoms with van der Waals surface area (Å²) < 4.78 is 34.6. The van der Waals surface area contributed by atoms with Crippen molar-refractivity contribution in [3.63, 3.8) is 0 Å². The van der Waals surface area contributed by atoms with E-state index in [0.29, 0.717) is 0 Å². The van der Waals surface area contributed by atoms with Crippen molar-refractivity contribution in [2.75, 3.05) is 11.8 Å². The van der Waals surface area contributed by atoms with Gasteiger partial charge in [-0.3, -0.25) is 4.72 Å². The van der Waals surface area contributed by atoms with Crippen LogP contribution in [-0.4, -0.2) is 30.9 Å². The van der Waals surface area contributed by atoms with E-state index in [0.717, 1.165) is 17.1 Å². The quantitative estimate of drug-likeness (QED) is 0.857. The fourth-order valence-electron chi connectivity index (χ4n) is 1.33. The van der Waals surface area contributed by atoms with Gasteiger partial charge in [-0.05, 0) is 19.1 Å². The van der Waals surface area contributed by atoms with Crippen LogP contribution in [0.4, 0.5) is 5.13 Å². The molecule has 7 nitrogen and oxygen atoms in total. The van der Waals surface area contributed by atoms with Crippen LogP contribution in [0.2, 0.25) is 0 Å². The summed E-state index contributed by atoms with van der Waals surface area (Å²) in [5, 5.41) is 0.00553. The number of ether oxygens (including phenoxy) is 1. The third-order valence-corrected chi connectivity index (χ3v) is 4.46. The molecule has 2 aromatic rings. The molecule has 0 saturated carbocycles. The predicted octanol–water partition coefficient (Wildman–Crippen LogP) is 1.43. The van der Waals surface area contributed by atoms with Crippen molar-refractivity contribution >= 4 is 32.7 Å². The van der Waals surface area contributed by atoms with Gasteiger partial charge in [0, 0.05) is 11.5 Å². The lowest BCUT2D eigenvalue weighted by Gasteiger charge is -2.04. The predicted molar refractivity (Wildman–Crippen MR) is 73.2 cm³/mol. The maximum absolute atomic E-state index is 12.1. The highest BCUT2D eigenvalue weighted by atomic mass is 32.2. The maximum Gasteiger partial charge on any atom is 0.377 e. The number of carbonyl (C=O) groups excluding carboxylic acids is 1. The molecule has 2 rings (SSSR count). The monoisotopic (exact) mass is 313 g/mol. The number of carbonyl (C=O) groups is 1. The van der Waals surface area contributed by atoms with Gasteiger partial charge in [-0.15, -0.1) is 0 Å². The molecular weight excluding hydrogens is 302 g/mol. The fraction of sp³-hybridized carbons (Fsp3) is 0.182. The van der Waals surface area contributed by atoms with E-state index in [1.807, 2.05) is 6.92 Å². The highest BCUT2D eigenvalue weighted by Gasteiger charge is 2.19. The first kappa shape index (κ1) is 14.4. The molecular formula is C11H11N3O4S2. The molecule has 20 heavy (non-hydrogen) atoms. The minimum atomic E-state index is -3.74. The first-order chi connectivity index (χ1) is 9.42. The molecule has 9 heteroatoms. The van der Waals surface area contributed by atoms with Crippen LogP contribution in [0.15, 0.2) is 29.2 Å². The number of sulfonamides is 1. The Morgan fingerprint density at radius 2 is 1.95 bits per heavy atom. The zero-order valence-electron chi connectivity index (χ0n) is 10.7. The second-order valence-corrected chi connectivity index (χ2v) is 6.27. The third-order valence-electron chi connectivity index (χ3n) is 2.35. The van der Waals surface area contributed by atoms with E-state index in [1.54, 1.807) is 12.1 Å². The van der Waals surface area contributed by atoms with Crippen molar-refractivity contribution in [3.8, 4) is 0 Å². The lowest BCUT2D eigenvalue weighted by atomic mass is 10.2. The summed E-state index contributed by atoms with van der Waals surface area (Å²) in [5.74, 6) is -0.902. The number of aryl methyl sites for hydroxylation is 1. The SMILES string of the molecule is COC(=O)c1nsc(NS(=O)(=O)c2ccc(C)cc2)n1. The molecule has 0 saturated heterocycles. The van der Waals surface area contributed by atoms with E-state index in [-0.39, 0.29) is 15.9 Å². The van der Waals surface area contributed by atoms with Gasteiger partial charge in [-0.2, -0.15) is 9.36 Å². The van der Waals surface area contributed by atoms with Crippen molar-refractivity contribution in [1.29, 1.82) is 0 Å². The zero-order chi connectivity index (χ0) is 14.8. The Balaban J connectivity index is 2.22. The number of methoxy groups -OCH3 is 1. The van der Waals surface area contributed by atoms with E-state index in [2.05, 4.69) is 18.8 Å². The van der Waals surface area contributed by atoms with Crippen LogP contribution in [-0.2, 0) is 14.8 Å². The van der Waals surface area contributed by atoms with Crippen LogP contribution in [0.3, 0.4) is 0 Å². The number of benzene rings is 1. The van der Waals surface area contributed by atoms with E-state index >= 15 is 0 Å². The van der Waals surface area contributed by atoms with Gasteiger partial charge in [-0.1, -0.05) is 17.7 Å². The molecule has 1 heterocycles. The molecule has 0 unspecified atom stereocenters. The lowest BCUT2D eigenvalue weighted by molar-refractivity contribution is 0.0588. The minimum absolute atomic E-state index is 0.00553. The smallest absolute Gasteiger partial charge is 0.377 e. The number of aromatic nitrogens is 2. The lowest BCUT2D eigenvalue weighted by Crippen LogP contribution is -2.13. The molecule has 0 spiro atoms. The van der Waals surface area contributed by atoms with Gasteiger partial charge in [0.1, 0.15) is 0 Å². The van der Waals surface area contributed by atoms with Crippen molar-refractivity contribution in [1.82, 2.24) is 9.36 Å². The van der Waals surface area contributed by atoms with Gasteiger partial charge >= 0.3 is 5.97 Å². The molecule has 0 aliphatic rings. The third kappa shape index (κ3) is 3.11. The van der Waals surface area contributed by atoms with Crippen LogP contribution < -0.4 is 4.72 Å². The second-order valence-electron chi connectivity index (χ2n) is 3.83. The summed E-state index contributed by atoms with van der Waals surface area (Å²) in [4.78, 5) is 15.0. The van der Waals surface area contributed by atoms with Gasteiger partial charge < -0.3 is 4.74 Å². The van der Waals surface area contributed by atoms with Gasteiger partial charge in [0.05, 0.1) is 12.0 Å². The number of nitrogens with zero attached hydrogens (tertiary/aromatic N) is 2. The number of nitrogens with one attached hydrogen (secondary N) is 1. The minimum Gasteiger partial charge on any atom is -0.463 e. The number of esters is 1. The van der Waals surface area contributed by atoms with Crippen molar-refractivity contribution < 1.29 is 17.9 Å². The van der Waals surface area contributed by atoms with E-state index < -0.39 is 16.0 Å². The van der Waals surface area contributed by atoms with Crippen LogP contribution in [0, 0.1) is 6.92 Å². The van der Waals surface area contributed by atoms with Crippen LogP contribution in [0.25, 0.3) is 0 Å². The first-order valence-electron chi connectivity index (χ1n) is 5.44. The first-order valence-corrected chi connectivity index (χ1v) is 7.69. The average molecular weight is 313 g/mol. The molecule has 0 radical (unpaired) electrons. The molecule has 0 fully saturated rings. The van der Waals surface area contributed by atoms with Crippen molar-refractivity contribution in [2.24, 2.45) is 0 Å². The number of hydrogen-bond acceptors (Lipinski definition) is 7. The van der Waals surface area contributed by atoms with Gasteiger partial charge in [-0.25, -0.2) is 13.2 Å². The number of hydrogen-bond donors (Lipinski definition) is 1. The Bertz CT molecular complexity index is 722. The summed E-state index contributed by atoms with van der Waals surface area (Å²) in [7, 11) is -2.55. The molecule has 0 aliphatic heterocycles. The summed E-state index contributed by atoms with van der Waals surface area (Å²) in [5.41, 5.74) is 0.952. The molecule has 1 aromatic heterocycles. The molecule has 0 amide bonds. The summed E-state index contributed by atoms with van der Waals surface area (Å²) >= 11 is 0.766. The van der Waals surface area contributed by atoms with Crippen molar-refractivity contribution in [2.45, 2.75) is 11.8 Å². The molecule has 0 atom stereocenters. The molecule has 106 valence electrons. The standard InChI is InChI=1S/C11H11N3O4S2/c1-7-3-5-8(6-4-7)20(16,17)14-11-12-9(13-19-11)10(15)18-2/h3-6H,1-2H3,(H,12,13,14). The number of rotatable bonds is 4. The Kier molecular flexibility index (Phi) is 4.00. The topological polar surface area (TPSA) is 98.2 Å². The largest absolute Gasteiger partial charge is 0.463 e. The zero-order valence-corrected chi connectivity index (χ0v) is 12.3. The highest BCUT2D eigenvalue weighted by molar-refractivity contribution is 7.93. The van der Waals surface area contributed by atoms with Crippen LogP contribution >= 0.6 is 11.5 Å². The Morgan fingerprint density at radius 1 is 1.30 bits per heavy atom. The van der Waals surface area contributed by atoms with Gasteiger partial charge in [0.25, 0.3) is 15.8 Å². The highest BCUT2D eigenvalue weighted by Crippen LogP contribution is 2.18. The summed E-state index contributed by atoms with van der Waals surface area (Å²) in [6.07, 6.45) is 0.